The van der Waals surface area contributed by atoms with Crippen LogP contribution in [0.1, 0.15) is 22.3 Å². The summed E-state index contributed by atoms with van der Waals surface area (Å²) in [4.78, 5) is 26.1. The highest BCUT2D eigenvalue weighted by Gasteiger charge is 2.11. The molecule has 144 valence electrons. The Labute approximate surface area is 165 Å². The molecule has 0 aliphatic heterocycles. The molecule has 0 saturated heterocycles. The number of amides is 2. The van der Waals surface area contributed by atoms with Crippen molar-refractivity contribution >= 4 is 29.1 Å². The molecule has 0 fully saturated rings. The Hall–Kier alpha value is -2.37. The van der Waals surface area contributed by atoms with Gasteiger partial charge in [0.25, 0.3) is 0 Å². The van der Waals surface area contributed by atoms with Gasteiger partial charge in [0.15, 0.2) is 0 Å². The van der Waals surface area contributed by atoms with Gasteiger partial charge in [0, 0.05) is 17.3 Å². The van der Waals surface area contributed by atoms with E-state index in [0.29, 0.717) is 17.3 Å². The summed E-state index contributed by atoms with van der Waals surface area (Å²) in [7, 11) is 1.88. The zero-order chi connectivity index (χ0) is 20.0. The van der Waals surface area contributed by atoms with Crippen LogP contribution in [0.15, 0.2) is 36.4 Å². The number of carbonyl (C=O) groups is 2. The fraction of sp³-hybridized carbons (Fsp3) is 0.333. The molecule has 0 saturated carbocycles. The average Bonchev–Trinajstić information content (AvgIpc) is 2.59. The van der Waals surface area contributed by atoms with Gasteiger partial charge in [-0.3, -0.25) is 14.5 Å². The summed E-state index contributed by atoms with van der Waals surface area (Å²) in [5.74, 6) is -0.481. The monoisotopic (exact) mass is 387 g/mol. The summed E-state index contributed by atoms with van der Waals surface area (Å²) >= 11 is 6.04. The lowest BCUT2D eigenvalue weighted by atomic mass is 10.1. The molecule has 2 aromatic carbocycles. The van der Waals surface area contributed by atoms with Gasteiger partial charge in [-0.2, -0.15) is 0 Å². The molecule has 5 nitrogen and oxygen atoms in total. The Kier molecular flexibility index (Phi) is 7.39. The van der Waals surface area contributed by atoms with Gasteiger partial charge < -0.3 is 10.6 Å². The van der Waals surface area contributed by atoms with E-state index in [0.717, 1.165) is 5.56 Å². The van der Waals surface area contributed by atoms with Gasteiger partial charge in [0.1, 0.15) is 0 Å². The number of carbonyl (C=O) groups excluding carboxylic acids is 2. The van der Waals surface area contributed by atoms with E-state index in [4.69, 9.17) is 11.6 Å². The molecule has 0 aromatic heterocycles. The van der Waals surface area contributed by atoms with Crippen LogP contribution in [0.5, 0.6) is 0 Å². The van der Waals surface area contributed by atoms with Crippen LogP contribution in [0.2, 0.25) is 5.02 Å². The van der Waals surface area contributed by atoms with E-state index in [9.17, 15) is 9.59 Å². The summed E-state index contributed by atoms with van der Waals surface area (Å²) in [6.45, 7) is 6.77. The van der Waals surface area contributed by atoms with Crippen LogP contribution >= 0.6 is 11.6 Å². The third-order valence-electron chi connectivity index (χ3n) is 4.34. The first-order valence-electron chi connectivity index (χ1n) is 8.82. The highest BCUT2D eigenvalue weighted by molar-refractivity contribution is 6.31. The molecule has 6 heteroatoms. The molecule has 0 unspecified atom stereocenters. The Balaban J connectivity index is 1.79. The number of anilines is 1. The van der Waals surface area contributed by atoms with Crippen molar-refractivity contribution in [3.05, 3.63) is 63.7 Å². The molecule has 2 aromatic rings. The fourth-order valence-electron chi connectivity index (χ4n) is 2.79. The maximum Gasteiger partial charge on any atom is 0.243 e. The zero-order valence-electron chi connectivity index (χ0n) is 16.2. The van der Waals surface area contributed by atoms with Crippen molar-refractivity contribution in [2.75, 3.05) is 25.5 Å². The minimum absolute atomic E-state index is 0.0812. The Bertz CT molecular complexity index is 836. The van der Waals surface area contributed by atoms with Gasteiger partial charge in [-0.1, -0.05) is 41.4 Å². The van der Waals surface area contributed by atoms with Crippen LogP contribution in [0.3, 0.4) is 0 Å². The predicted octanol–water partition coefficient (Wildman–Crippen LogP) is 3.45. The minimum atomic E-state index is -0.286. The van der Waals surface area contributed by atoms with Crippen molar-refractivity contribution in [2.45, 2.75) is 27.3 Å². The molecule has 0 bridgehead atoms. The van der Waals surface area contributed by atoms with Crippen molar-refractivity contribution in [3.8, 4) is 0 Å². The van der Waals surface area contributed by atoms with E-state index in [1.807, 2.05) is 18.9 Å². The highest BCUT2D eigenvalue weighted by atomic mass is 35.5. The van der Waals surface area contributed by atoms with Crippen LogP contribution < -0.4 is 10.6 Å². The van der Waals surface area contributed by atoms with Gasteiger partial charge >= 0.3 is 0 Å². The number of halogens is 1. The summed E-state index contributed by atoms with van der Waals surface area (Å²) in [6.07, 6.45) is 0. The van der Waals surface area contributed by atoms with Gasteiger partial charge in [-0.05, 0) is 56.6 Å². The van der Waals surface area contributed by atoms with Crippen LogP contribution in [0, 0.1) is 20.8 Å². The quantitative estimate of drug-likeness (QED) is 0.764. The lowest BCUT2D eigenvalue weighted by molar-refractivity contribution is -0.124. The summed E-state index contributed by atoms with van der Waals surface area (Å²) < 4.78 is 0. The van der Waals surface area contributed by atoms with Crippen LogP contribution in [-0.2, 0) is 16.1 Å². The summed E-state index contributed by atoms with van der Waals surface area (Å²) in [6, 6.07) is 11.6. The Morgan fingerprint density at radius 1 is 1.07 bits per heavy atom. The largest absolute Gasteiger partial charge is 0.346 e. The van der Waals surface area contributed by atoms with Gasteiger partial charge in [0.2, 0.25) is 11.8 Å². The first-order chi connectivity index (χ1) is 12.8. The molecule has 0 aliphatic rings. The molecule has 2 rings (SSSR count). The number of hydrogen-bond acceptors (Lipinski definition) is 3. The first kappa shape index (κ1) is 20.9. The van der Waals surface area contributed by atoms with Crippen molar-refractivity contribution in [1.29, 1.82) is 0 Å². The number of rotatable bonds is 7. The molecule has 0 heterocycles. The second-order valence-electron chi connectivity index (χ2n) is 6.84. The Morgan fingerprint density at radius 2 is 1.81 bits per heavy atom. The molecule has 0 spiro atoms. The molecule has 0 radical (unpaired) electrons. The van der Waals surface area contributed by atoms with Gasteiger partial charge in [-0.15, -0.1) is 0 Å². The first-order valence-corrected chi connectivity index (χ1v) is 9.20. The highest BCUT2D eigenvalue weighted by Crippen LogP contribution is 2.22. The van der Waals surface area contributed by atoms with E-state index < -0.39 is 0 Å². The molecule has 27 heavy (non-hydrogen) atoms. The molecule has 2 N–H and O–H groups in total. The van der Waals surface area contributed by atoms with E-state index in [-0.39, 0.29) is 24.9 Å². The van der Waals surface area contributed by atoms with Crippen molar-refractivity contribution in [3.63, 3.8) is 0 Å². The third-order valence-corrected chi connectivity index (χ3v) is 4.75. The normalized spacial score (nSPS) is 10.7. The molecular formula is C21H26ClN3O2. The molecule has 2 amide bonds. The van der Waals surface area contributed by atoms with Crippen LogP contribution in [0.4, 0.5) is 5.69 Å². The van der Waals surface area contributed by atoms with Crippen molar-refractivity contribution in [1.82, 2.24) is 10.2 Å². The number of likely N-dealkylation sites (N-methyl/N-ethyl adjacent to an activating group) is 1. The molecular weight excluding hydrogens is 362 g/mol. The van der Waals surface area contributed by atoms with E-state index in [1.54, 1.807) is 18.2 Å². The number of aryl methyl sites for hydroxylation is 2. The van der Waals surface area contributed by atoms with Crippen molar-refractivity contribution < 1.29 is 9.59 Å². The molecule has 0 atom stereocenters. The average molecular weight is 388 g/mol. The SMILES string of the molecule is Cc1ccc(CN(C)CC(=O)NCC(=O)Nc2cccc(Cl)c2C)c(C)c1. The standard InChI is InChI=1S/C21H26ClN3O2/c1-14-8-9-17(15(2)10-14)12-25(4)13-21(27)23-11-20(26)24-19-7-5-6-18(22)16(19)3/h5-10H,11-13H2,1-4H3,(H,23,27)(H,24,26). The number of benzene rings is 2. The zero-order valence-corrected chi connectivity index (χ0v) is 17.0. The maximum atomic E-state index is 12.1. The number of hydrogen-bond donors (Lipinski definition) is 2. The Morgan fingerprint density at radius 3 is 2.52 bits per heavy atom. The lowest BCUT2D eigenvalue weighted by Gasteiger charge is -2.18. The fourth-order valence-corrected chi connectivity index (χ4v) is 2.96. The van der Waals surface area contributed by atoms with Gasteiger partial charge in [-0.25, -0.2) is 0 Å². The lowest BCUT2D eigenvalue weighted by Crippen LogP contribution is -2.39. The topological polar surface area (TPSA) is 61.4 Å². The van der Waals surface area contributed by atoms with E-state index >= 15 is 0 Å². The van der Waals surface area contributed by atoms with Crippen molar-refractivity contribution in [2.24, 2.45) is 0 Å². The van der Waals surface area contributed by atoms with E-state index in [1.165, 1.54) is 16.7 Å². The summed E-state index contributed by atoms with van der Waals surface area (Å²) in [5.41, 5.74) is 5.06. The van der Waals surface area contributed by atoms with Gasteiger partial charge in [0.05, 0.1) is 13.1 Å². The van der Waals surface area contributed by atoms with Crippen LogP contribution in [0.25, 0.3) is 0 Å². The predicted molar refractivity (Wildman–Crippen MR) is 110 cm³/mol. The summed E-state index contributed by atoms with van der Waals surface area (Å²) in [5, 5.41) is 6.00. The maximum absolute atomic E-state index is 12.1. The smallest absolute Gasteiger partial charge is 0.243 e. The minimum Gasteiger partial charge on any atom is -0.346 e. The third kappa shape index (κ3) is 6.38. The second kappa shape index (κ2) is 9.53. The second-order valence-corrected chi connectivity index (χ2v) is 7.25. The van der Waals surface area contributed by atoms with E-state index in [2.05, 4.69) is 42.7 Å². The number of nitrogens with zero attached hydrogens (tertiary/aromatic N) is 1. The molecule has 0 aliphatic carbocycles. The number of nitrogens with one attached hydrogen (secondary N) is 2. The van der Waals surface area contributed by atoms with Crippen LogP contribution in [-0.4, -0.2) is 36.9 Å².